The first-order chi connectivity index (χ1) is 36.9. The van der Waals surface area contributed by atoms with Crippen molar-refractivity contribution in [2.24, 2.45) is 28.1 Å². The fourth-order valence-electron chi connectivity index (χ4n) is 15.0. The third kappa shape index (κ3) is 10.3. The van der Waals surface area contributed by atoms with Crippen molar-refractivity contribution in [3.63, 3.8) is 0 Å². The first-order valence-electron chi connectivity index (χ1n) is 26.9. The number of rotatable bonds is 15. The van der Waals surface area contributed by atoms with E-state index in [0.717, 1.165) is 6.42 Å². The van der Waals surface area contributed by atoms with Gasteiger partial charge in [-0.2, -0.15) is 0 Å². The van der Waals surface area contributed by atoms with Crippen LogP contribution in [0, 0.1) is 28.1 Å². The molecule has 1 spiro atoms. The van der Waals surface area contributed by atoms with Crippen LogP contribution in [0.25, 0.3) is 0 Å². The van der Waals surface area contributed by atoms with E-state index in [1.807, 2.05) is 6.92 Å². The molecule has 0 aromatic carbocycles. The summed E-state index contributed by atoms with van der Waals surface area (Å²) < 4.78 is 60.0. The summed E-state index contributed by atoms with van der Waals surface area (Å²) in [6, 6.07) is 0. The maximum absolute atomic E-state index is 14.4. The van der Waals surface area contributed by atoms with Crippen LogP contribution in [0.1, 0.15) is 71.6 Å². The molecule has 4 saturated carbocycles. The molecule has 17 N–H and O–H groups in total. The van der Waals surface area contributed by atoms with Gasteiger partial charge in [-0.15, -0.1) is 0 Å². The molecule has 448 valence electrons. The van der Waals surface area contributed by atoms with Gasteiger partial charge in [-0.3, -0.25) is 4.79 Å². The van der Waals surface area contributed by atoms with Crippen LogP contribution >= 0.6 is 0 Å². The minimum absolute atomic E-state index is 0.0275. The molecular weight excluding hydrogens is 1050 g/mol. The number of aliphatic hydroxyl groups excluding tert-OH is 17. The molecule has 2 bridgehead atoms. The molecule has 0 unspecified atom stereocenters. The van der Waals surface area contributed by atoms with Crippen molar-refractivity contribution in [1.29, 1.82) is 0 Å². The topological polar surface area (TPSA) is 453 Å². The van der Waals surface area contributed by atoms with Crippen LogP contribution in [-0.2, 0) is 52.2 Å². The molecule has 0 aromatic rings. The van der Waals surface area contributed by atoms with E-state index in [1.54, 1.807) is 0 Å². The van der Waals surface area contributed by atoms with E-state index in [4.69, 9.17) is 47.4 Å². The van der Waals surface area contributed by atoms with Gasteiger partial charge in [0.2, 0.25) is 6.29 Å². The Hall–Kier alpha value is -1.83. The van der Waals surface area contributed by atoms with E-state index in [-0.39, 0.29) is 11.8 Å². The zero-order valence-electron chi connectivity index (χ0n) is 43.3. The molecule has 5 heterocycles. The van der Waals surface area contributed by atoms with Crippen LogP contribution < -0.4 is 0 Å². The Kier molecular flexibility index (Phi) is 18.2. The van der Waals surface area contributed by atoms with Gasteiger partial charge in [0, 0.05) is 0 Å². The average molecular weight is 1130 g/mol. The molecule has 9 rings (SSSR count). The van der Waals surface area contributed by atoms with Gasteiger partial charge in [-0.1, -0.05) is 19.9 Å². The molecule has 28 nitrogen and oxygen atoms in total. The van der Waals surface area contributed by atoms with E-state index >= 15 is 0 Å². The number of carbonyl (C=O) groups excluding carboxylic acids is 1. The highest BCUT2D eigenvalue weighted by Crippen LogP contribution is 2.74. The van der Waals surface area contributed by atoms with Gasteiger partial charge in [-0.05, 0) is 86.5 Å². The van der Waals surface area contributed by atoms with Crippen LogP contribution in [0.2, 0.25) is 0 Å². The molecule has 0 amide bonds. The monoisotopic (exact) mass is 1130 g/mol. The number of ether oxygens (including phenoxy) is 10. The molecule has 9 aliphatic rings. The lowest BCUT2D eigenvalue weighted by molar-refractivity contribution is -0.405. The SMILES string of the molecule is C=C1C[C@@]23CC[C@H]4[C@@](C)(CCC[C@]4(C)C(=O)O[C@@H]4O[C@H](CO)[C@@H](O)[C@H](O)[C@H]4O)[C@@H]2CC[C@]1(O[C@@H]1O[C@H](CO)[C@@H](O)[C@H](O[C@@H]2O[C@H](CO)[C@@H](O[C@H]4O[C@H](CO)[C@@H](O)[C@H](O)[C@H]4O)[C@H](O)[C@H]2O)[C@H]1O[C@@H]1O[C@H](CO)[C@@H](O)[C@H](O)[C@H]1O)C3. The standard InChI is InChI=1S/C50H80O28/c1-18-11-49-9-5-24-47(2,7-4-8-48(24,3)46(68)77-44-36(66)32(62)28(58)21(14-53)71-44)25(49)6-10-50(18,17-49)78-45-40(76-42-35(65)31(61)27(57)20(13-52)70-42)39(29(59)22(15-54)72-45)75-43-37(67)33(63)38(23(16-55)73-43)74-41-34(64)30(60)26(56)19(12-51)69-41/h19-45,51-67H,1,4-17H2,2-3H3/t19-,20-,21-,22-,23-,24+,25+,26-,27-,28-,29-,30+,31+,32+,33-,34-,35-,36-,37-,38-,39+,40-,41-,42+,43+,44+,45+,47-,48+,49-,50+/m1/s1. The van der Waals surface area contributed by atoms with Crippen molar-refractivity contribution in [2.75, 3.05) is 33.0 Å². The Balaban J connectivity index is 0.975. The largest absolute Gasteiger partial charge is 0.432 e. The Morgan fingerprint density at radius 3 is 1.46 bits per heavy atom. The van der Waals surface area contributed by atoms with Crippen LogP contribution in [0.5, 0.6) is 0 Å². The second-order valence-electron chi connectivity index (χ2n) is 23.6. The molecule has 0 radical (unpaired) electrons. The summed E-state index contributed by atoms with van der Waals surface area (Å²) in [5.41, 5.74) is -2.61. The van der Waals surface area contributed by atoms with E-state index in [9.17, 15) is 91.6 Å². The lowest BCUT2D eigenvalue weighted by Crippen LogP contribution is -2.68. The summed E-state index contributed by atoms with van der Waals surface area (Å²) in [5.74, 6) is -0.929. The summed E-state index contributed by atoms with van der Waals surface area (Å²) in [4.78, 5) is 14.4. The Morgan fingerprint density at radius 2 is 0.923 bits per heavy atom. The van der Waals surface area contributed by atoms with Crippen LogP contribution in [0.4, 0.5) is 0 Å². The Labute approximate surface area is 448 Å². The van der Waals surface area contributed by atoms with Crippen LogP contribution in [-0.4, -0.2) is 285 Å². The zero-order chi connectivity index (χ0) is 56.7. The number of hydrogen-bond donors (Lipinski definition) is 17. The lowest BCUT2D eigenvalue weighted by Gasteiger charge is -2.64. The van der Waals surface area contributed by atoms with Gasteiger partial charge in [-0.25, -0.2) is 0 Å². The molecule has 5 saturated heterocycles. The Morgan fingerprint density at radius 1 is 0.487 bits per heavy atom. The third-order valence-electron chi connectivity index (χ3n) is 19.2. The highest BCUT2D eigenvalue weighted by Gasteiger charge is 2.70. The fourth-order valence-corrected chi connectivity index (χ4v) is 15.0. The smallest absolute Gasteiger partial charge is 0.314 e. The number of fused-ring (bicyclic) bond motifs is 3. The summed E-state index contributed by atoms with van der Waals surface area (Å²) in [6.45, 7) is 4.26. The van der Waals surface area contributed by atoms with Crippen LogP contribution in [0.3, 0.4) is 0 Å². The molecule has 28 heteroatoms. The molecule has 31 atom stereocenters. The summed E-state index contributed by atoms with van der Waals surface area (Å²) in [5, 5.41) is 181. The van der Waals surface area contributed by atoms with Crippen molar-refractivity contribution in [3.05, 3.63) is 12.2 Å². The predicted molar refractivity (Wildman–Crippen MR) is 252 cm³/mol. The first-order valence-corrected chi connectivity index (χ1v) is 26.9. The molecule has 5 aliphatic heterocycles. The van der Waals surface area contributed by atoms with Crippen molar-refractivity contribution in [1.82, 2.24) is 0 Å². The van der Waals surface area contributed by atoms with Crippen molar-refractivity contribution < 1.29 is 139 Å². The van der Waals surface area contributed by atoms with Crippen LogP contribution in [0.15, 0.2) is 12.2 Å². The zero-order valence-corrected chi connectivity index (χ0v) is 43.3. The lowest BCUT2D eigenvalue weighted by atomic mass is 9.41. The minimum atomic E-state index is -2.14. The van der Waals surface area contributed by atoms with E-state index in [0.29, 0.717) is 56.9 Å². The maximum Gasteiger partial charge on any atom is 0.314 e. The molecule has 9 fully saturated rings. The molecule has 78 heavy (non-hydrogen) atoms. The van der Waals surface area contributed by atoms with Gasteiger partial charge in [0.25, 0.3) is 0 Å². The van der Waals surface area contributed by atoms with Crippen molar-refractivity contribution in [3.8, 4) is 0 Å². The highest BCUT2D eigenvalue weighted by molar-refractivity contribution is 5.77. The average Bonchev–Trinajstić information content (AvgIpc) is 3.80. The Bertz CT molecular complexity index is 2070. The number of carbonyl (C=O) groups is 1. The number of esters is 1. The van der Waals surface area contributed by atoms with Gasteiger partial charge >= 0.3 is 5.97 Å². The quantitative estimate of drug-likeness (QED) is 0.0411. The van der Waals surface area contributed by atoms with Crippen molar-refractivity contribution in [2.45, 2.75) is 231 Å². The first kappa shape index (κ1) is 60.8. The van der Waals surface area contributed by atoms with E-state index in [1.165, 1.54) is 0 Å². The molecular formula is C50H80O28. The second kappa shape index (κ2) is 23.3. The fraction of sp³-hybridized carbons (Fsp3) is 0.940. The summed E-state index contributed by atoms with van der Waals surface area (Å²) in [6.07, 6.45) is -40.2. The van der Waals surface area contributed by atoms with Gasteiger partial charge in [0.05, 0.1) is 44.1 Å². The minimum Gasteiger partial charge on any atom is -0.432 e. The van der Waals surface area contributed by atoms with Gasteiger partial charge in [0.15, 0.2) is 25.2 Å². The van der Waals surface area contributed by atoms with E-state index in [2.05, 4.69) is 13.5 Å². The number of aliphatic hydroxyl groups is 17. The third-order valence-corrected chi connectivity index (χ3v) is 19.2. The predicted octanol–water partition coefficient (Wildman–Crippen LogP) is -7.29. The highest BCUT2D eigenvalue weighted by atomic mass is 16.8. The molecule has 0 aromatic heterocycles. The molecule has 4 aliphatic carbocycles. The summed E-state index contributed by atoms with van der Waals surface area (Å²) in [7, 11) is 0. The normalized spacial score (nSPS) is 54.5. The maximum atomic E-state index is 14.4. The number of hydrogen-bond acceptors (Lipinski definition) is 28. The van der Waals surface area contributed by atoms with E-state index < -0.39 is 214 Å². The second-order valence-corrected chi connectivity index (χ2v) is 23.6. The summed E-state index contributed by atoms with van der Waals surface area (Å²) >= 11 is 0. The van der Waals surface area contributed by atoms with Gasteiger partial charge < -0.3 is 134 Å². The van der Waals surface area contributed by atoms with Crippen molar-refractivity contribution >= 4 is 5.97 Å². The van der Waals surface area contributed by atoms with Gasteiger partial charge in [0.1, 0.15) is 122 Å².